The first-order valence-corrected chi connectivity index (χ1v) is 12.4. The number of para-hydroxylation sites is 1. The Morgan fingerprint density at radius 1 is 1.06 bits per heavy atom. The Balaban J connectivity index is 1.51. The molecule has 32 heavy (non-hydrogen) atoms. The third-order valence-corrected chi connectivity index (χ3v) is 6.87. The number of piperidine rings is 1. The summed E-state index contributed by atoms with van der Waals surface area (Å²) in [6, 6.07) is 18.3. The van der Waals surface area contributed by atoms with E-state index in [2.05, 4.69) is 57.0 Å². The van der Waals surface area contributed by atoms with E-state index in [0.29, 0.717) is 0 Å². The van der Waals surface area contributed by atoms with Gasteiger partial charge in [-0.3, -0.25) is 14.3 Å². The molecule has 0 unspecified atom stereocenters. The third-order valence-electron chi connectivity index (χ3n) is 5.94. The number of rotatable bonds is 8. The van der Waals surface area contributed by atoms with Gasteiger partial charge in [-0.25, -0.2) is 0 Å². The first kappa shape index (κ1) is 22.6. The number of hydrogen-bond acceptors (Lipinski definition) is 5. The second-order valence-electron chi connectivity index (χ2n) is 8.18. The van der Waals surface area contributed by atoms with E-state index in [4.69, 9.17) is 0 Å². The molecular weight excluding hydrogens is 418 g/mol. The lowest BCUT2D eigenvalue weighted by Crippen LogP contribution is -2.33. The van der Waals surface area contributed by atoms with E-state index in [-0.39, 0.29) is 17.7 Å². The predicted molar refractivity (Wildman–Crippen MR) is 130 cm³/mol. The minimum absolute atomic E-state index is 0.0449. The van der Waals surface area contributed by atoms with Gasteiger partial charge in [-0.15, -0.1) is 10.2 Å². The van der Waals surface area contributed by atoms with Crippen LogP contribution in [0.5, 0.6) is 0 Å². The van der Waals surface area contributed by atoms with Gasteiger partial charge in [-0.05, 0) is 69.1 Å². The third kappa shape index (κ3) is 5.40. The average Bonchev–Trinajstić information content (AvgIpc) is 3.27. The van der Waals surface area contributed by atoms with Crippen molar-refractivity contribution in [1.82, 2.24) is 19.7 Å². The first-order chi connectivity index (χ1) is 15.7. The van der Waals surface area contributed by atoms with E-state index in [0.717, 1.165) is 41.9 Å². The van der Waals surface area contributed by atoms with Crippen LogP contribution in [0.1, 0.15) is 50.5 Å². The van der Waals surface area contributed by atoms with Crippen molar-refractivity contribution in [3.05, 3.63) is 66.0 Å². The van der Waals surface area contributed by atoms with Gasteiger partial charge in [-0.2, -0.15) is 0 Å². The van der Waals surface area contributed by atoms with Gasteiger partial charge in [0.15, 0.2) is 11.0 Å². The van der Waals surface area contributed by atoms with Crippen molar-refractivity contribution < 1.29 is 4.79 Å². The molecular formula is C25H31N5OS. The molecule has 4 rings (SSSR count). The lowest BCUT2D eigenvalue weighted by Gasteiger charge is -2.31. The molecule has 1 saturated heterocycles. The molecule has 1 fully saturated rings. The summed E-state index contributed by atoms with van der Waals surface area (Å²) in [5.74, 6) is 1.16. The highest BCUT2D eigenvalue weighted by atomic mass is 32.2. The maximum Gasteiger partial charge on any atom is 0.234 e. The zero-order valence-corrected chi connectivity index (χ0v) is 19.6. The molecule has 0 saturated carbocycles. The lowest BCUT2D eigenvalue weighted by atomic mass is 10.1. The molecule has 0 spiro atoms. The number of anilines is 1. The SMILES string of the molecule is CCc1cccc(NC(=O)CSc2nnc([C@@H](C)N3CCCCC3)n2-c2ccccc2)c1. The Morgan fingerprint density at radius 3 is 2.59 bits per heavy atom. The molecule has 168 valence electrons. The average molecular weight is 450 g/mol. The van der Waals surface area contributed by atoms with E-state index in [1.165, 1.54) is 36.6 Å². The van der Waals surface area contributed by atoms with E-state index >= 15 is 0 Å². The van der Waals surface area contributed by atoms with Crippen molar-refractivity contribution in [3.8, 4) is 5.69 Å². The van der Waals surface area contributed by atoms with Crippen LogP contribution in [0.15, 0.2) is 59.8 Å². The Bertz CT molecular complexity index is 1030. The van der Waals surface area contributed by atoms with Crippen molar-refractivity contribution in [2.75, 3.05) is 24.2 Å². The molecule has 0 bridgehead atoms. The summed E-state index contributed by atoms with van der Waals surface area (Å²) in [5.41, 5.74) is 3.06. The van der Waals surface area contributed by atoms with Crippen LogP contribution in [0.25, 0.3) is 5.69 Å². The molecule has 1 amide bonds. The van der Waals surface area contributed by atoms with Gasteiger partial charge in [-0.1, -0.05) is 55.4 Å². The van der Waals surface area contributed by atoms with Crippen LogP contribution >= 0.6 is 11.8 Å². The van der Waals surface area contributed by atoms with Crippen molar-refractivity contribution in [2.45, 2.75) is 50.7 Å². The minimum atomic E-state index is -0.0449. The highest BCUT2D eigenvalue weighted by Crippen LogP contribution is 2.29. The van der Waals surface area contributed by atoms with Gasteiger partial charge in [0.25, 0.3) is 0 Å². The van der Waals surface area contributed by atoms with Gasteiger partial charge >= 0.3 is 0 Å². The molecule has 2 heterocycles. The molecule has 1 aromatic heterocycles. The lowest BCUT2D eigenvalue weighted by molar-refractivity contribution is -0.113. The Hall–Kier alpha value is -2.64. The van der Waals surface area contributed by atoms with Crippen molar-refractivity contribution in [1.29, 1.82) is 0 Å². The molecule has 0 aliphatic carbocycles. The zero-order valence-electron chi connectivity index (χ0n) is 18.8. The second kappa shape index (κ2) is 10.8. The number of likely N-dealkylation sites (tertiary alicyclic amines) is 1. The van der Waals surface area contributed by atoms with Gasteiger partial charge in [0, 0.05) is 11.4 Å². The number of aromatic nitrogens is 3. The van der Waals surface area contributed by atoms with Crippen LogP contribution in [0.3, 0.4) is 0 Å². The number of carbonyl (C=O) groups is 1. The number of nitrogens with zero attached hydrogens (tertiary/aromatic N) is 4. The number of aryl methyl sites for hydroxylation is 1. The van der Waals surface area contributed by atoms with Crippen LogP contribution < -0.4 is 5.32 Å². The molecule has 6 nitrogen and oxygen atoms in total. The smallest absolute Gasteiger partial charge is 0.234 e. The summed E-state index contributed by atoms with van der Waals surface area (Å²) in [6.45, 7) is 6.49. The number of benzene rings is 2. The van der Waals surface area contributed by atoms with Gasteiger partial charge in [0.1, 0.15) is 0 Å². The van der Waals surface area contributed by atoms with Gasteiger partial charge in [0.05, 0.1) is 11.8 Å². The number of carbonyl (C=O) groups excluding carboxylic acids is 1. The molecule has 1 N–H and O–H groups in total. The molecule has 1 aliphatic heterocycles. The van der Waals surface area contributed by atoms with E-state index < -0.39 is 0 Å². The van der Waals surface area contributed by atoms with Crippen LogP contribution in [-0.4, -0.2) is 44.4 Å². The Kier molecular flexibility index (Phi) is 7.60. The van der Waals surface area contributed by atoms with Crippen molar-refractivity contribution in [3.63, 3.8) is 0 Å². The number of thioether (sulfide) groups is 1. The molecule has 3 aromatic rings. The maximum atomic E-state index is 12.6. The number of hydrogen-bond donors (Lipinski definition) is 1. The van der Waals surface area contributed by atoms with Crippen LogP contribution in [0, 0.1) is 0 Å². The van der Waals surface area contributed by atoms with Gasteiger partial charge in [0.2, 0.25) is 5.91 Å². The fourth-order valence-electron chi connectivity index (χ4n) is 4.13. The molecule has 1 atom stereocenters. The van der Waals surface area contributed by atoms with Crippen LogP contribution in [0.2, 0.25) is 0 Å². The Morgan fingerprint density at radius 2 is 1.84 bits per heavy atom. The highest BCUT2D eigenvalue weighted by molar-refractivity contribution is 7.99. The normalized spacial score (nSPS) is 15.4. The van der Waals surface area contributed by atoms with Crippen LogP contribution in [-0.2, 0) is 11.2 Å². The van der Waals surface area contributed by atoms with Gasteiger partial charge < -0.3 is 5.32 Å². The monoisotopic (exact) mass is 449 g/mol. The second-order valence-corrected chi connectivity index (χ2v) is 9.12. The molecule has 2 aromatic carbocycles. The molecule has 0 radical (unpaired) electrons. The van der Waals surface area contributed by atoms with E-state index in [9.17, 15) is 4.79 Å². The predicted octanol–water partition coefficient (Wildman–Crippen LogP) is 5.11. The van der Waals surface area contributed by atoms with Crippen molar-refractivity contribution >= 4 is 23.4 Å². The molecule has 7 heteroatoms. The highest BCUT2D eigenvalue weighted by Gasteiger charge is 2.25. The summed E-state index contributed by atoms with van der Waals surface area (Å²) < 4.78 is 2.11. The first-order valence-electron chi connectivity index (χ1n) is 11.4. The summed E-state index contributed by atoms with van der Waals surface area (Å²) in [4.78, 5) is 15.1. The van der Waals surface area contributed by atoms with Crippen molar-refractivity contribution in [2.24, 2.45) is 0 Å². The number of nitrogens with one attached hydrogen (secondary N) is 1. The maximum absolute atomic E-state index is 12.6. The number of amides is 1. The quantitative estimate of drug-likeness (QED) is 0.484. The summed E-state index contributed by atoms with van der Waals surface area (Å²) in [6.07, 6.45) is 4.69. The topological polar surface area (TPSA) is 63.1 Å². The zero-order chi connectivity index (χ0) is 22.3. The van der Waals surface area contributed by atoms with E-state index in [1.54, 1.807) is 0 Å². The largest absolute Gasteiger partial charge is 0.325 e. The van der Waals surface area contributed by atoms with E-state index in [1.807, 2.05) is 36.4 Å². The minimum Gasteiger partial charge on any atom is -0.325 e. The molecule has 1 aliphatic rings. The Labute approximate surface area is 194 Å². The van der Waals surface area contributed by atoms with Crippen LogP contribution in [0.4, 0.5) is 5.69 Å². The fourth-order valence-corrected chi connectivity index (χ4v) is 4.89. The summed E-state index contributed by atoms with van der Waals surface area (Å²) >= 11 is 1.42. The summed E-state index contributed by atoms with van der Waals surface area (Å²) in [7, 11) is 0. The fraction of sp³-hybridized carbons (Fsp3) is 0.400. The standard InChI is InChI=1S/C25H31N5OS/c1-3-20-11-10-12-21(17-20)26-23(31)18-32-25-28-27-24(19(2)29-15-8-5-9-16-29)30(25)22-13-6-4-7-14-22/h4,6-7,10-14,17,19H,3,5,8-9,15-16,18H2,1-2H3,(H,26,31)/t19-/m1/s1. The summed E-state index contributed by atoms with van der Waals surface area (Å²) in [5, 5.41) is 12.8.